The number of benzene rings is 3. The molecule has 1 amide bonds. The van der Waals surface area contributed by atoms with Crippen LogP contribution in [0.2, 0.25) is 10.0 Å². The Bertz CT molecular complexity index is 1690. The number of sulfonamides is 2. The van der Waals surface area contributed by atoms with Crippen molar-refractivity contribution in [2.75, 3.05) is 17.8 Å². The predicted molar refractivity (Wildman–Crippen MR) is 165 cm³/mol. The molecule has 0 radical (unpaired) electrons. The lowest BCUT2D eigenvalue weighted by Gasteiger charge is -2.26. The molecule has 2 N–H and O–H groups in total. The highest BCUT2D eigenvalue weighted by molar-refractivity contribution is 7.92. The number of piperidine rings is 1. The number of halogens is 2. The molecule has 9 nitrogen and oxygen atoms in total. The summed E-state index contributed by atoms with van der Waals surface area (Å²) in [6.45, 7) is 6.45. The highest BCUT2D eigenvalue weighted by atomic mass is 35.5. The van der Waals surface area contributed by atoms with Crippen LogP contribution in [0.3, 0.4) is 0 Å². The molecule has 0 bridgehead atoms. The average molecular weight is 655 g/mol. The van der Waals surface area contributed by atoms with Gasteiger partial charge in [0.2, 0.25) is 10.0 Å². The van der Waals surface area contributed by atoms with E-state index in [4.69, 9.17) is 27.9 Å². The normalized spacial score (nSPS) is 15.2. The van der Waals surface area contributed by atoms with E-state index in [0.717, 1.165) is 19.3 Å². The summed E-state index contributed by atoms with van der Waals surface area (Å²) in [5.74, 6) is 0.0178. The predicted octanol–water partition coefficient (Wildman–Crippen LogP) is 6.60. The van der Waals surface area contributed by atoms with Crippen LogP contribution in [0.5, 0.6) is 11.5 Å². The van der Waals surface area contributed by atoms with E-state index in [1.807, 2.05) is 13.8 Å². The van der Waals surface area contributed by atoms with Crippen LogP contribution >= 0.6 is 23.2 Å². The highest BCUT2D eigenvalue weighted by Crippen LogP contribution is 2.33. The summed E-state index contributed by atoms with van der Waals surface area (Å²) in [6.07, 6.45) is 3.36. The fourth-order valence-corrected chi connectivity index (χ4v) is 8.06. The van der Waals surface area contributed by atoms with Gasteiger partial charge in [-0.1, -0.05) is 36.5 Å². The van der Waals surface area contributed by atoms with Gasteiger partial charge >= 0.3 is 0 Å². The second kappa shape index (κ2) is 13.2. The number of hydrogen-bond acceptors (Lipinski definition) is 6. The van der Waals surface area contributed by atoms with Crippen LogP contribution in [0.4, 0.5) is 5.69 Å². The topological polar surface area (TPSA) is 122 Å². The van der Waals surface area contributed by atoms with Gasteiger partial charge in [0.05, 0.1) is 15.5 Å². The summed E-state index contributed by atoms with van der Waals surface area (Å²) >= 11 is 12.0. The molecule has 3 aromatic carbocycles. The van der Waals surface area contributed by atoms with Crippen LogP contribution < -0.4 is 14.8 Å². The Hall–Kier alpha value is -2.83. The van der Waals surface area contributed by atoms with E-state index in [9.17, 15) is 21.6 Å². The van der Waals surface area contributed by atoms with Crippen LogP contribution in [0.25, 0.3) is 0 Å². The van der Waals surface area contributed by atoms with E-state index in [-0.39, 0.29) is 42.9 Å². The van der Waals surface area contributed by atoms with Gasteiger partial charge in [0.25, 0.3) is 15.9 Å². The zero-order chi connectivity index (χ0) is 30.7. The Morgan fingerprint density at radius 2 is 1.64 bits per heavy atom. The third-order valence-corrected chi connectivity index (χ3v) is 11.1. The highest BCUT2D eigenvalue weighted by Gasteiger charge is 2.28. The first-order valence-electron chi connectivity index (χ1n) is 13.5. The summed E-state index contributed by atoms with van der Waals surface area (Å²) in [7, 11) is -7.75. The van der Waals surface area contributed by atoms with Crippen molar-refractivity contribution >= 4 is 54.8 Å². The summed E-state index contributed by atoms with van der Waals surface area (Å²) in [6, 6.07) is 12.8. The molecule has 0 saturated carbocycles. The number of nitrogens with one attached hydrogen (secondary N) is 2. The summed E-state index contributed by atoms with van der Waals surface area (Å²) < 4.78 is 62.5. The van der Waals surface area contributed by atoms with Gasteiger partial charge in [0.15, 0.2) is 0 Å². The largest absolute Gasteiger partial charge is 0.457 e. The summed E-state index contributed by atoms with van der Waals surface area (Å²) in [5.41, 5.74) is 0.704. The van der Waals surface area contributed by atoms with E-state index in [2.05, 4.69) is 10.0 Å². The van der Waals surface area contributed by atoms with E-state index >= 15 is 0 Å². The molecule has 226 valence electrons. The van der Waals surface area contributed by atoms with E-state index in [1.54, 1.807) is 19.1 Å². The van der Waals surface area contributed by atoms with Crippen LogP contribution in [-0.4, -0.2) is 46.2 Å². The third kappa shape index (κ3) is 7.38. The van der Waals surface area contributed by atoms with E-state index in [0.29, 0.717) is 30.8 Å². The van der Waals surface area contributed by atoms with Gasteiger partial charge < -0.3 is 10.1 Å². The van der Waals surface area contributed by atoms with Crippen molar-refractivity contribution in [3.8, 4) is 11.5 Å². The minimum Gasteiger partial charge on any atom is -0.457 e. The van der Waals surface area contributed by atoms with Crippen molar-refractivity contribution in [2.24, 2.45) is 0 Å². The zero-order valence-corrected chi connectivity index (χ0v) is 26.6. The van der Waals surface area contributed by atoms with Gasteiger partial charge in [-0.3, -0.25) is 9.52 Å². The number of carbonyl (C=O) groups excluding carboxylic acids is 1. The summed E-state index contributed by atoms with van der Waals surface area (Å²) in [4.78, 5) is 13.3. The van der Waals surface area contributed by atoms with Crippen molar-refractivity contribution in [3.63, 3.8) is 0 Å². The monoisotopic (exact) mass is 653 g/mol. The van der Waals surface area contributed by atoms with Gasteiger partial charge in [0, 0.05) is 29.8 Å². The van der Waals surface area contributed by atoms with Gasteiger partial charge in [0.1, 0.15) is 16.4 Å². The first-order chi connectivity index (χ1) is 19.8. The van der Waals surface area contributed by atoms with Gasteiger partial charge in [-0.2, -0.15) is 4.31 Å². The van der Waals surface area contributed by atoms with Gasteiger partial charge in [-0.05, 0) is 93.3 Å². The fraction of sp³-hybridized carbons (Fsp3) is 0.345. The van der Waals surface area contributed by atoms with Crippen molar-refractivity contribution < 1.29 is 26.4 Å². The molecular formula is C29H33Cl2N3O6S2. The molecule has 0 spiro atoms. The first kappa shape index (κ1) is 32.1. The number of rotatable bonds is 10. The zero-order valence-electron chi connectivity index (χ0n) is 23.5. The Morgan fingerprint density at radius 1 is 0.952 bits per heavy atom. The molecule has 1 unspecified atom stereocenters. The standard InChI is InChI=1S/C29H33Cl2N3O6S2/c1-4-20(3)32-29(35)24-18-22(33-41(36,37)28-12-8-21(30)17-25(28)31)9-11-26(24)40-23-10-13-27(19(2)16-23)42(38,39)34-14-6-5-7-15-34/h8-13,16-18,20,33H,4-7,14-15H2,1-3H3,(H,32,35). The minimum atomic E-state index is -4.11. The number of anilines is 1. The summed E-state index contributed by atoms with van der Waals surface area (Å²) in [5, 5.41) is 3.11. The smallest absolute Gasteiger partial charge is 0.263 e. The van der Waals surface area contributed by atoms with E-state index in [1.165, 1.54) is 46.8 Å². The molecule has 42 heavy (non-hydrogen) atoms. The molecule has 0 aliphatic carbocycles. The molecule has 1 aliphatic heterocycles. The SMILES string of the molecule is CCC(C)NC(=O)c1cc(NS(=O)(=O)c2ccc(Cl)cc2Cl)ccc1Oc1ccc(S(=O)(=O)N2CCCCC2)c(C)c1. The number of ether oxygens (including phenoxy) is 1. The number of amides is 1. The second-order valence-corrected chi connectivity index (χ2v) is 14.6. The lowest BCUT2D eigenvalue weighted by molar-refractivity contribution is 0.0937. The molecule has 3 aromatic rings. The van der Waals surface area contributed by atoms with Crippen LogP contribution in [-0.2, 0) is 20.0 Å². The van der Waals surface area contributed by atoms with Crippen LogP contribution in [0.1, 0.15) is 55.5 Å². The molecule has 1 aliphatic rings. The van der Waals surface area contributed by atoms with Crippen LogP contribution in [0, 0.1) is 6.92 Å². The molecule has 1 heterocycles. The number of nitrogens with zero attached hydrogens (tertiary/aromatic N) is 1. The Labute approximate surface area is 257 Å². The second-order valence-electron chi connectivity index (χ2n) is 10.2. The van der Waals surface area contributed by atoms with Crippen molar-refractivity contribution in [2.45, 2.75) is 62.3 Å². The van der Waals surface area contributed by atoms with Crippen molar-refractivity contribution in [3.05, 3.63) is 75.8 Å². The average Bonchev–Trinajstić information content (AvgIpc) is 2.93. The molecular weight excluding hydrogens is 621 g/mol. The molecule has 13 heteroatoms. The Morgan fingerprint density at radius 3 is 2.29 bits per heavy atom. The minimum absolute atomic E-state index is 0.0502. The molecule has 1 fully saturated rings. The van der Waals surface area contributed by atoms with Crippen LogP contribution in [0.15, 0.2) is 64.4 Å². The molecule has 1 atom stereocenters. The molecule has 1 saturated heterocycles. The lowest BCUT2D eigenvalue weighted by Crippen LogP contribution is -2.35. The maximum absolute atomic E-state index is 13.2. The van der Waals surface area contributed by atoms with Crippen molar-refractivity contribution in [1.29, 1.82) is 0 Å². The fourth-order valence-electron chi connectivity index (χ4n) is 4.51. The third-order valence-electron chi connectivity index (χ3n) is 6.96. The first-order valence-corrected chi connectivity index (χ1v) is 17.2. The van der Waals surface area contributed by atoms with E-state index < -0.39 is 26.0 Å². The van der Waals surface area contributed by atoms with Gasteiger partial charge in [-0.15, -0.1) is 0 Å². The molecule has 4 rings (SSSR count). The number of carbonyl (C=O) groups is 1. The number of hydrogen-bond donors (Lipinski definition) is 2. The Kier molecular flexibility index (Phi) is 10.1. The maximum atomic E-state index is 13.2. The van der Waals surface area contributed by atoms with Crippen molar-refractivity contribution in [1.82, 2.24) is 9.62 Å². The lowest BCUT2D eigenvalue weighted by atomic mass is 10.1. The Balaban J connectivity index is 1.65. The molecule has 0 aromatic heterocycles. The number of aryl methyl sites for hydroxylation is 1. The van der Waals surface area contributed by atoms with Gasteiger partial charge in [-0.25, -0.2) is 16.8 Å². The maximum Gasteiger partial charge on any atom is 0.263 e. The quantitative estimate of drug-likeness (QED) is 0.254.